The first-order valence-electron chi connectivity index (χ1n) is 7.80. The van der Waals surface area contributed by atoms with Crippen LogP contribution in [-0.2, 0) is 6.54 Å². The standard InChI is InChI=1S/C19H18N2O4/c1-3-4-9-21-11-15(13-7-8-20-17(13)18(21)22)14-10-12(19(23)24)5-6-16(14)25-2/h3-8,10-11,20H,9H2,1-2H3,(H,23,24)/b4-3+. The van der Waals surface area contributed by atoms with E-state index < -0.39 is 5.97 Å². The number of nitrogens with one attached hydrogen (secondary N) is 1. The van der Waals surface area contributed by atoms with Crippen molar-refractivity contribution in [3.05, 3.63) is 64.7 Å². The molecule has 0 saturated heterocycles. The Kier molecular flexibility index (Phi) is 4.43. The van der Waals surface area contributed by atoms with Crippen LogP contribution in [0.25, 0.3) is 22.0 Å². The summed E-state index contributed by atoms with van der Waals surface area (Å²) >= 11 is 0. The predicted molar refractivity (Wildman–Crippen MR) is 96.3 cm³/mol. The van der Waals surface area contributed by atoms with E-state index in [1.807, 2.05) is 19.1 Å². The van der Waals surface area contributed by atoms with Gasteiger partial charge in [0.25, 0.3) is 5.56 Å². The number of ether oxygens (including phenoxy) is 1. The molecule has 2 aromatic heterocycles. The van der Waals surface area contributed by atoms with E-state index in [0.717, 1.165) is 10.9 Å². The summed E-state index contributed by atoms with van der Waals surface area (Å²) in [5, 5.41) is 10.0. The van der Waals surface area contributed by atoms with Crippen LogP contribution in [0.3, 0.4) is 0 Å². The Bertz CT molecular complexity index is 1030. The van der Waals surface area contributed by atoms with Gasteiger partial charge >= 0.3 is 5.97 Å². The lowest BCUT2D eigenvalue weighted by Crippen LogP contribution is -2.19. The molecule has 0 fully saturated rings. The predicted octanol–water partition coefficient (Wildman–Crippen LogP) is 3.28. The minimum atomic E-state index is -1.02. The van der Waals surface area contributed by atoms with Crippen LogP contribution in [0.4, 0.5) is 0 Å². The van der Waals surface area contributed by atoms with Crippen molar-refractivity contribution in [3.8, 4) is 16.9 Å². The van der Waals surface area contributed by atoms with E-state index in [2.05, 4.69) is 4.98 Å². The molecule has 2 N–H and O–H groups in total. The summed E-state index contributed by atoms with van der Waals surface area (Å²) in [6.07, 6.45) is 7.19. The van der Waals surface area contributed by atoms with Gasteiger partial charge in [-0.25, -0.2) is 4.79 Å². The summed E-state index contributed by atoms with van der Waals surface area (Å²) < 4.78 is 6.99. The Hall–Kier alpha value is -3.28. The summed E-state index contributed by atoms with van der Waals surface area (Å²) in [5.41, 5.74) is 1.87. The molecule has 128 valence electrons. The van der Waals surface area contributed by atoms with Gasteiger partial charge in [0.2, 0.25) is 0 Å². The van der Waals surface area contributed by atoms with Crippen molar-refractivity contribution in [2.45, 2.75) is 13.5 Å². The van der Waals surface area contributed by atoms with Crippen molar-refractivity contribution in [1.82, 2.24) is 9.55 Å². The third-order valence-corrected chi connectivity index (χ3v) is 4.07. The zero-order chi connectivity index (χ0) is 18.0. The van der Waals surface area contributed by atoms with Gasteiger partial charge in [-0.1, -0.05) is 12.2 Å². The highest BCUT2D eigenvalue weighted by molar-refractivity contribution is 5.98. The summed E-state index contributed by atoms with van der Waals surface area (Å²) in [6, 6.07) is 6.49. The number of aromatic amines is 1. The van der Waals surface area contributed by atoms with Crippen LogP contribution in [-0.4, -0.2) is 27.7 Å². The number of H-pyrrole nitrogens is 1. The molecule has 0 spiro atoms. The van der Waals surface area contributed by atoms with Gasteiger partial charge in [-0.2, -0.15) is 0 Å². The zero-order valence-electron chi connectivity index (χ0n) is 13.9. The smallest absolute Gasteiger partial charge is 0.335 e. The second kappa shape index (κ2) is 6.68. The van der Waals surface area contributed by atoms with Crippen molar-refractivity contribution < 1.29 is 14.6 Å². The minimum absolute atomic E-state index is 0.129. The fourth-order valence-corrected chi connectivity index (χ4v) is 2.82. The lowest BCUT2D eigenvalue weighted by molar-refractivity contribution is 0.0697. The fourth-order valence-electron chi connectivity index (χ4n) is 2.82. The molecule has 0 radical (unpaired) electrons. The number of allylic oxidation sites excluding steroid dienone is 2. The lowest BCUT2D eigenvalue weighted by Gasteiger charge is -2.13. The molecule has 0 aliphatic heterocycles. The number of aromatic carboxylic acids is 1. The normalized spacial score (nSPS) is 11.3. The van der Waals surface area contributed by atoms with E-state index in [-0.39, 0.29) is 11.1 Å². The van der Waals surface area contributed by atoms with Crippen LogP contribution < -0.4 is 10.3 Å². The van der Waals surface area contributed by atoms with Gasteiger partial charge < -0.3 is 19.4 Å². The molecule has 0 saturated carbocycles. The Balaban J connectivity index is 2.33. The lowest BCUT2D eigenvalue weighted by atomic mass is 10.0. The maximum Gasteiger partial charge on any atom is 0.335 e. The average Bonchev–Trinajstić information content (AvgIpc) is 3.11. The number of fused-ring (bicyclic) bond motifs is 1. The van der Waals surface area contributed by atoms with Crippen LogP contribution in [0.15, 0.2) is 53.6 Å². The number of carboxylic acids is 1. The van der Waals surface area contributed by atoms with Gasteiger partial charge in [-0.15, -0.1) is 0 Å². The summed E-state index contributed by atoms with van der Waals surface area (Å²) in [4.78, 5) is 26.9. The Morgan fingerprint density at radius 1 is 1.32 bits per heavy atom. The van der Waals surface area contributed by atoms with E-state index >= 15 is 0 Å². The topological polar surface area (TPSA) is 84.3 Å². The number of hydrogen-bond acceptors (Lipinski definition) is 3. The fraction of sp³-hybridized carbons (Fsp3) is 0.158. The Morgan fingerprint density at radius 2 is 2.12 bits per heavy atom. The van der Waals surface area contributed by atoms with Crippen molar-refractivity contribution in [3.63, 3.8) is 0 Å². The molecule has 0 unspecified atom stereocenters. The van der Waals surface area contributed by atoms with Crippen LogP contribution in [0.2, 0.25) is 0 Å². The molecule has 3 rings (SSSR count). The molecule has 25 heavy (non-hydrogen) atoms. The van der Waals surface area contributed by atoms with Gasteiger partial charge in [0.1, 0.15) is 11.3 Å². The monoisotopic (exact) mass is 338 g/mol. The van der Waals surface area contributed by atoms with Crippen LogP contribution in [0.5, 0.6) is 5.75 Å². The molecule has 0 atom stereocenters. The van der Waals surface area contributed by atoms with Crippen molar-refractivity contribution in [2.24, 2.45) is 0 Å². The number of rotatable bonds is 5. The highest BCUT2D eigenvalue weighted by Crippen LogP contribution is 2.34. The number of benzene rings is 1. The molecule has 0 aliphatic rings. The van der Waals surface area contributed by atoms with Gasteiger partial charge in [-0.05, 0) is 31.2 Å². The first-order valence-corrected chi connectivity index (χ1v) is 7.80. The third kappa shape index (κ3) is 2.94. The Morgan fingerprint density at radius 3 is 2.80 bits per heavy atom. The summed E-state index contributed by atoms with van der Waals surface area (Å²) in [6.45, 7) is 2.32. The maximum absolute atomic E-state index is 12.6. The molecular formula is C19H18N2O4. The largest absolute Gasteiger partial charge is 0.496 e. The summed E-state index contributed by atoms with van der Waals surface area (Å²) in [7, 11) is 1.53. The van der Waals surface area contributed by atoms with Crippen molar-refractivity contribution in [1.29, 1.82) is 0 Å². The zero-order valence-corrected chi connectivity index (χ0v) is 13.9. The van der Waals surface area contributed by atoms with Crippen LogP contribution >= 0.6 is 0 Å². The van der Waals surface area contributed by atoms with Gasteiger partial charge in [0.05, 0.1) is 12.7 Å². The number of hydrogen-bond donors (Lipinski definition) is 2. The van der Waals surface area contributed by atoms with E-state index in [1.54, 1.807) is 35.2 Å². The molecule has 0 amide bonds. The quantitative estimate of drug-likeness (QED) is 0.699. The average molecular weight is 338 g/mol. The number of aromatic nitrogens is 2. The SMILES string of the molecule is C/C=C/Cn1cc(-c2cc(C(=O)O)ccc2OC)c2cc[nH]c2c1=O. The third-order valence-electron chi connectivity index (χ3n) is 4.07. The van der Waals surface area contributed by atoms with Gasteiger partial charge in [0.15, 0.2) is 0 Å². The van der Waals surface area contributed by atoms with Crippen molar-refractivity contribution in [2.75, 3.05) is 7.11 Å². The molecule has 3 aromatic rings. The number of carbonyl (C=O) groups is 1. The molecule has 6 nitrogen and oxygen atoms in total. The highest BCUT2D eigenvalue weighted by atomic mass is 16.5. The molecular weight excluding hydrogens is 320 g/mol. The number of methoxy groups -OCH3 is 1. The first kappa shape index (κ1) is 16.6. The first-order chi connectivity index (χ1) is 12.1. The molecule has 2 heterocycles. The van der Waals surface area contributed by atoms with Crippen LogP contribution in [0.1, 0.15) is 17.3 Å². The minimum Gasteiger partial charge on any atom is -0.496 e. The van der Waals surface area contributed by atoms with Crippen molar-refractivity contribution >= 4 is 16.9 Å². The number of carboxylic acid groups (broad SMARTS) is 1. The summed E-state index contributed by atoms with van der Waals surface area (Å²) in [5.74, 6) is -0.472. The van der Waals surface area contributed by atoms with E-state index in [1.165, 1.54) is 13.2 Å². The van der Waals surface area contributed by atoms with Gasteiger partial charge in [0, 0.05) is 35.5 Å². The van der Waals surface area contributed by atoms with Crippen LogP contribution in [0, 0.1) is 0 Å². The molecule has 0 bridgehead atoms. The van der Waals surface area contributed by atoms with E-state index in [4.69, 9.17) is 4.74 Å². The Labute approximate surface area is 144 Å². The molecule has 1 aromatic carbocycles. The van der Waals surface area contributed by atoms with E-state index in [9.17, 15) is 14.7 Å². The number of nitrogens with zero attached hydrogens (tertiary/aromatic N) is 1. The highest BCUT2D eigenvalue weighted by Gasteiger charge is 2.16. The second-order valence-electron chi connectivity index (χ2n) is 5.56. The molecule has 0 aliphatic carbocycles. The van der Waals surface area contributed by atoms with Gasteiger partial charge in [-0.3, -0.25) is 4.79 Å². The molecule has 6 heteroatoms. The number of pyridine rings is 1. The van der Waals surface area contributed by atoms with E-state index in [0.29, 0.717) is 23.4 Å². The maximum atomic E-state index is 12.6. The second-order valence-corrected chi connectivity index (χ2v) is 5.56.